The van der Waals surface area contributed by atoms with Gasteiger partial charge in [-0.15, -0.1) is 0 Å². The third-order valence-electron chi connectivity index (χ3n) is 3.82. The van der Waals surface area contributed by atoms with Crippen LogP contribution in [0.5, 0.6) is 11.5 Å². The number of anilines is 1. The molecule has 0 aliphatic rings. The summed E-state index contributed by atoms with van der Waals surface area (Å²) in [6.45, 7) is 1.79. The number of carbonyl (C=O) groups is 2. The number of rotatable bonds is 9. The maximum Gasteiger partial charge on any atom is 0.325 e. The van der Waals surface area contributed by atoms with Crippen LogP contribution in [0.2, 0.25) is 0 Å². The molecule has 0 aliphatic heterocycles. The van der Waals surface area contributed by atoms with Crippen molar-refractivity contribution in [2.45, 2.75) is 13.0 Å². The molecule has 7 nitrogen and oxygen atoms in total. The Morgan fingerprint density at radius 3 is 2.00 bits per heavy atom. The molecular formula is C20H24N2O5. The summed E-state index contributed by atoms with van der Waals surface area (Å²) in [5.41, 5.74) is 1.47. The van der Waals surface area contributed by atoms with Gasteiger partial charge in [-0.05, 0) is 48.9 Å². The van der Waals surface area contributed by atoms with Crippen molar-refractivity contribution in [1.82, 2.24) is 5.32 Å². The lowest BCUT2D eigenvalue weighted by molar-refractivity contribution is -0.143. The zero-order valence-electron chi connectivity index (χ0n) is 15.7. The Bertz CT molecular complexity index is 744. The zero-order chi connectivity index (χ0) is 19.6. The second kappa shape index (κ2) is 10.1. The van der Waals surface area contributed by atoms with Gasteiger partial charge >= 0.3 is 5.97 Å². The molecule has 0 aromatic heterocycles. The van der Waals surface area contributed by atoms with Gasteiger partial charge in [0.2, 0.25) is 5.91 Å². The number of hydrogen-bond acceptors (Lipinski definition) is 6. The van der Waals surface area contributed by atoms with Crippen molar-refractivity contribution in [1.29, 1.82) is 0 Å². The molecule has 144 valence electrons. The monoisotopic (exact) mass is 372 g/mol. The average Bonchev–Trinajstić information content (AvgIpc) is 2.71. The third kappa shape index (κ3) is 5.91. The van der Waals surface area contributed by atoms with Gasteiger partial charge in [0, 0.05) is 5.69 Å². The van der Waals surface area contributed by atoms with Crippen LogP contribution in [0.1, 0.15) is 18.5 Å². The lowest BCUT2D eigenvalue weighted by Crippen LogP contribution is -2.37. The molecule has 27 heavy (non-hydrogen) atoms. The quantitative estimate of drug-likeness (QED) is 0.658. The van der Waals surface area contributed by atoms with Crippen LogP contribution < -0.4 is 20.1 Å². The van der Waals surface area contributed by atoms with Gasteiger partial charge in [-0.3, -0.25) is 9.59 Å². The van der Waals surface area contributed by atoms with Crippen molar-refractivity contribution in [2.24, 2.45) is 0 Å². The van der Waals surface area contributed by atoms with Crippen LogP contribution in [0.15, 0.2) is 48.5 Å². The fourth-order valence-corrected chi connectivity index (χ4v) is 2.42. The Hall–Kier alpha value is -3.22. The number of carbonyl (C=O) groups excluding carboxylic acids is 2. The number of nitrogens with one attached hydrogen (secondary N) is 2. The first kappa shape index (κ1) is 20.1. The number of amides is 1. The van der Waals surface area contributed by atoms with Crippen molar-refractivity contribution < 1.29 is 23.8 Å². The molecule has 2 aromatic rings. The molecule has 0 heterocycles. The number of esters is 1. The number of hydrogen-bond donors (Lipinski definition) is 2. The molecule has 1 atom stereocenters. The van der Waals surface area contributed by atoms with E-state index in [1.807, 2.05) is 12.1 Å². The minimum Gasteiger partial charge on any atom is -0.497 e. The summed E-state index contributed by atoms with van der Waals surface area (Å²) in [6, 6.07) is 13.7. The predicted molar refractivity (Wildman–Crippen MR) is 102 cm³/mol. The van der Waals surface area contributed by atoms with Crippen molar-refractivity contribution in [3.05, 3.63) is 54.1 Å². The maximum atomic E-state index is 12.7. The summed E-state index contributed by atoms with van der Waals surface area (Å²) in [4.78, 5) is 24.2. The van der Waals surface area contributed by atoms with Crippen molar-refractivity contribution in [3.8, 4) is 11.5 Å². The Labute approximate surface area is 158 Å². The molecule has 2 aromatic carbocycles. The van der Waals surface area contributed by atoms with Crippen LogP contribution in [0.3, 0.4) is 0 Å². The van der Waals surface area contributed by atoms with Gasteiger partial charge in [-0.2, -0.15) is 0 Å². The maximum absolute atomic E-state index is 12.7. The number of benzene rings is 2. The summed E-state index contributed by atoms with van der Waals surface area (Å²) in [6.07, 6.45) is 0. The minimum atomic E-state index is -0.696. The van der Waals surface area contributed by atoms with Crippen molar-refractivity contribution in [3.63, 3.8) is 0 Å². The molecule has 0 saturated carbocycles. The van der Waals surface area contributed by atoms with Crippen LogP contribution in [0.25, 0.3) is 0 Å². The van der Waals surface area contributed by atoms with E-state index in [0.717, 1.165) is 11.3 Å². The van der Waals surface area contributed by atoms with E-state index in [4.69, 9.17) is 14.2 Å². The Morgan fingerprint density at radius 2 is 1.48 bits per heavy atom. The van der Waals surface area contributed by atoms with Gasteiger partial charge in [0.15, 0.2) is 0 Å². The van der Waals surface area contributed by atoms with Crippen LogP contribution in [0, 0.1) is 0 Å². The first-order chi connectivity index (χ1) is 13.1. The fraction of sp³-hybridized carbons (Fsp3) is 0.300. The largest absolute Gasteiger partial charge is 0.497 e. The zero-order valence-corrected chi connectivity index (χ0v) is 15.7. The van der Waals surface area contributed by atoms with Gasteiger partial charge in [0.1, 0.15) is 24.1 Å². The van der Waals surface area contributed by atoms with Gasteiger partial charge < -0.3 is 24.8 Å². The van der Waals surface area contributed by atoms with Gasteiger partial charge in [-0.1, -0.05) is 12.1 Å². The molecule has 2 rings (SSSR count). The molecule has 2 N–H and O–H groups in total. The molecule has 1 unspecified atom stereocenters. The molecular weight excluding hydrogens is 348 g/mol. The Balaban J connectivity index is 2.18. The minimum absolute atomic E-state index is 0.191. The summed E-state index contributed by atoms with van der Waals surface area (Å²) in [5, 5.41) is 5.78. The van der Waals surface area contributed by atoms with Crippen LogP contribution in [0.4, 0.5) is 5.69 Å². The van der Waals surface area contributed by atoms with Gasteiger partial charge in [-0.25, -0.2) is 0 Å². The molecule has 1 amide bonds. The standard InChI is InChI=1S/C20H24N2O5/c1-4-27-18(23)13-21-20(24)19(14-5-9-16(25-2)10-6-14)22-15-7-11-17(26-3)12-8-15/h5-12,19,22H,4,13H2,1-3H3,(H,21,24). The number of methoxy groups -OCH3 is 2. The van der Waals surface area contributed by atoms with E-state index in [9.17, 15) is 9.59 Å². The van der Waals surface area contributed by atoms with Crippen molar-refractivity contribution in [2.75, 3.05) is 32.7 Å². The van der Waals surface area contributed by atoms with Crippen molar-refractivity contribution >= 4 is 17.6 Å². The first-order valence-corrected chi connectivity index (χ1v) is 8.55. The second-order valence-electron chi connectivity index (χ2n) is 5.60. The lowest BCUT2D eigenvalue weighted by Gasteiger charge is -2.20. The normalized spacial score (nSPS) is 11.2. The van der Waals surface area contributed by atoms with E-state index in [1.165, 1.54) is 0 Å². The van der Waals surface area contributed by atoms with E-state index < -0.39 is 12.0 Å². The summed E-state index contributed by atoms with van der Waals surface area (Å²) in [5.74, 6) is 0.579. The van der Waals surface area contributed by atoms with E-state index in [0.29, 0.717) is 11.5 Å². The van der Waals surface area contributed by atoms with E-state index in [2.05, 4.69) is 10.6 Å². The highest BCUT2D eigenvalue weighted by Gasteiger charge is 2.21. The predicted octanol–water partition coefficient (Wildman–Crippen LogP) is 2.54. The SMILES string of the molecule is CCOC(=O)CNC(=O)C(Nc1ccc(OC)cc1)c1ccc(OC)cc1. The smallest absolute Gasteiger partial charge is 0.325 e. The molecule has 0 saturated heterocycles. The van der Waals surface area contributed by atoms with E-state index in [-0.39, 0.29) is 19.1 Å². The first-order valence-electron chi connectivity index (χ1n) is 8.55. The molecule has 0 bridgehead atoms. The number of ether oxygens (including phenoxy) is 3. The summed E-state index contributed by atoms with van der Waals surface area (Å²) in [7, 11) is 3.17. The highest BCUT2D eigenvalue weighted by molar-refractivity contribution is 5.88. The Morgan fingerprint density at radius 1 is 0.926 bits per heavy atom. The van der Waals surface area contributed by atoms with Crippen LogP contribution in [-0.2, 0) is 14.3 Å². The summed E-state index contributed by atoms with van der Waals surface area (Å²) >= 11 is 0. The van der Waals surface area contributed by atoms with Crippen LogP contribution in [-0.4, -0.2) is 39.2 Å². The fourth-order valence-electron chi connectivity index (χ4n) is 2.42. The molecule has 0 spiro atoms. The topological polar surface area (TPSA) is 85.9 Å². The summed E-state index contributed by atoms with van der Waals surface area (Å²) < 4.78 is 15.2. The molecule has 0 radical (unpaired) electrons. The molecule has 7 heteroatoms. The highest BCUT2D eigenvalue weighted by atomic mass is 16.5. The highest BCUT2D eigenvalue weighted by Crippen LogP contribution is 2.24. The van der Waals surface area contributed by atoms with Gasteiger partial charge in [0.05, 0.1) is 20.8 Å². The molecule has 0 fully saturated rings. The molecule has 0 aliphatic carbocycles. The van der Waals surface area contributed by atoms with E-state index >= 15 is 0 Å². The Kier molecular flexibility index (Phi) is 7.49. The second-order valence-corrected chi connectivity index (χ2v) is 5.60. The van der Waals surface area contributed by atoms with E-state index in [1.54, 1.807) is 57.5 Å². The third-order valence-corrected chi connectivity index (χ3v) is 3.82. The van der Waals surface area contributed by atoms with Gasteiger partial charge in [0.25, 0.3) is 0 Å². The van der Waals surface area contributed by atoms with Crippen LogP contribution >= 0.6 is 0 Å². The lowest BCUT2D eigenvalue weighted by atomic mass is 10.1. The average molecular weight is 372 g/mol.